The van der Waals surface area contributed by atoms with Gasteiger partial charge in [0.2, 0.25) is 17.7 Å². The summed E-state index contributed by atoms with van der Waals surface area (Å²) in [7, 11) is 0. The summed E-state index contributed by atoms with van der Waals surface area (Å²) in [6.07, 6.45) is 0.706. The molecule has 0 rings (SSSR count). The minimum Gasteiger partial charge on any atom is -0.481 e. The Hall–Kier alpha value is -2.73. The number of unbranched alkanes of at least 4 members (excludes halogenated alkanes) is 1. The second-order valence-electron chi connectivity index (χ2n) is 5.71. The maximum atomic E-state index is 12.4. The Morgan fingerprint density at radius 2 is 1.44 bits per heavy atom. The summed E-state index contributed by atoms with van der Waals surface area (Å²) >= 11 is 0. The van der Waals surface area contributed by atoms with Gasteiger partial charge in [0.15, 0.2) is 0 Å². The Labute approximate surface area is 156 Å². The molecule has 2 atom stereocenters. The van der Waals surface area contributed by atoms with Gasteiger partial charge in [-0.1, -0.05) is 0 Å². The number of hydrogen-bond acceptors (Lipinski definition) is 7. The lowest BCUT2D eigenvalue weighted by Crippen LogP contribution is -2.54. The summed E-state index contributed by atoms with van der Waals surface area (Å²) in [5, 5.41) is 24.3. The largest absolute Gasteiger partial charge is 0.481 e. The third kappa shape index (κ3) is 11.5. The third-order valence-electron chi connectivity index (χ3n) is 3.48. The van der Waals surface area contributed by atoms with Crippen molar-refractivity contribution in [1.82, 2.24) is 16.0 Å². The van der Waals surface area contributed by atoms with Gasteiger partial charge in [0.1, 0.15) is 18.6 Å². The number of amides is 3. The maximum absolute atomic E-state index is 12.4. The van der Waals surface area contributed by atoms with Gasteiger partial charge in [0, 0.05) is 6.42 Å². The maximum Gasteiger partial charge on any atom is 0.322 e. The van der Waals surface area contributed by atoms with E-state index in [9.17, 15) is 24.0 Å². The minimum atomic E-state index is -1.25. The van der Waals surface area contributed by atoms with E-state index in [-0.39, 0.29) is 19.3 Å². The fourth-order valence-electron chi connectivity index (χ4n) is 2.11. The molecule has 0 heterocycles. The molecule has 0 bridgehead atoms. The Morgan fingerprint density at radius 1 is 0.815 bits per heavy atom. The van der Waals surface area contributed by atoms with Gasteiger partial charge in [-0.3, -0.25) is 24.0 Å². The Morgan fingerprint density at radius 3 is 1.96 bits per heavy atom. The van der Waals surface area contributed by atoms with Crippen LogP contribution in [0.3, 0.4) is 0 Å². The van der Waals surface area contributed by atoms with Gasteiger partial charge in [-0.25, -0.2) is 0 Å². The molecule has 0 radical (unpaired) electrons. The molecule has 154 valence electrons. The molecular formula is C15H27N5O7. The number of hydrogen-bond donors (Lipinski definition) is 7. The molecule has 0 saturated heterocycles. The number of carbonyl (C=O) groups excluding carboxylic acids is 3. The average Bonchev–Trinajstić information content (AvgIpc) is 2.61. The van der Waals surface area contributed by atoms with E-state index in [2.05, 4.69) is 16.0 Å². The summed E-state index contributed by atoms with van der Waals surface area (Å²) in [4.78, 5) is 57.3. The van der Waals surface area contributed by atoms with Gasteiger partial charge in [-0.2, -0.15) is 0 Å². The van der Waals surface area contributed by atoms with Crippen molar-refractivity contribution in [2.75, 3.05) is 19.6 Å². The molecule has 12 nitrogen and oxygen atoms in total. The van der Waals surface area contributed by atoms with E-state index >= 15 is 0 Å². The molecule has 3 amide bonds. The quantitative estimate of drug-likeness (QED) is 0.152. The van der Waals surface area contributed by atoms with Crippen molar-refractivity contribution in [3.8, 4) is 0 Å². The normalized spacial score (nSPS) is 12.5. The predicted octanol–water partition coefficient (Wildman–Crippen LogP) is -2.89. The Balaban J connectivity index is 5.06. The van der Waals surface area contributed by atoms with Crippen molar-refractivity contribution in [3.05, 3.63) is 0 Å². The highest BCUT2D eigenvalue weighted by Crippen LogP contribution is 2.04. The van der Waals surface area contributed by atoms with Crippen molar-refractivity contribution in [2.45, 2.75) is 44.2 Å². The number of carboxylic acid groups (broad SMARTS) is 2. The second kappa shape index (κ2) is 13.5. The molecule has 0 aliphatic rings. The van der Waals surface area contributed by atoms with Crippen LogP contribution < -0.4 is 27.4 Å². The van der Waals surface area contributed by atoms with Crippen LogP contribution in [0.2, 0.25) is 0 Å². The number of carboxylic acids is 2. The molecule has 0 aromatic heterocycles. The summed E-state index contributed by atoms with van der Waals surface area (Å²) in [6, 6.07) is -2.24. The molecule has 27 heavy (non-hydrogen) atoms. The lowest BCUT2D eigenvalue weighted by molar-refractivity contribution is -0.138. The van der Waals surface area contributed by atoms with Gasteiger partial charge in [-0.05, 0) is 32.2 Å². The summed E-state index contributed by atoms with van der Waals surface area (Å²) in [5.74, 6) is -4.53. The number of aliphatic carboxylic acids is 2. The van der Waals surface area contributed by atoms with E-state index in [1.165, 1.54) is 0 Å². The smallest absolute Gasteiger partial charge is 0.322 e. The van der Waals surface area contributed by atoms with Crippen LogP contribution in [-0.2, 0) is 24.0 Å². The van der Waals surface area contributed by atoms with Gasteiger partial charge >= 0.3 is 11.9 Å². The second-order valence-corrected chi connectivity index (χ2v) is 5.71. The van der Waals surface area contributed by atoms with Crippen molar-refractivity contribution in [2.24, 2.45) is 11.5 Å². The summed E-state index contributed by atoms with van der Waals surface area (Å²) in [6.45, 7) is -0.629. The molecule has 0 aliphatic heterocycles. The standard InChI is InChI=1S/C15H27N5O7/c16-6-2-1-3-9(14(26)18-8-13(24)25)20-15(27)10(4-5-12(22)23)19-11(21)7-17/h9-10H,1-8,16-17H2,(H,18,26)(H,19,21)(H,20,27)(H,22,23)(H,24,25). The number of rotatable bonds is 14. The molecule has 9 N–H and O–H groups in total. The summed E-state index contributed by atoms with van der Waals surface area (Å²) in [5.41, 5.74) is 10.6. The average molecular weight is 389 g/mol. The Kier molecular flexibility index (Phi) is 12.1. The molecule has 12 heteroatoms. The number of carbonyl (C=O) groups is 5. The zero-order chi connectivity index (χ0) is 20.8. The van der Waals surface area contributed by atoms with E-state index in [0.717, 1.165) is 0 Å². The van der Waals surface area contributed by atoms with Crippen LogP contribution in [0.25, 0.3) is 0 Å². The first kappa shape index (κ1) is 24.3. The highest BCUT2D eigenvalue weighted by molar-refractivity contribution is 5.93. The summed E-state index contributed by atoms with van der Waals surface area (Å²) < 4.78 is 0. The van der Waals surface area contributed by atoms with Gasteiger partial charge in [0.05, 0.1) is 6.54 Å². The van der Waals surface area contributed by atoms with E-state index < -0.39 is 54.8 Å². The molecular weight excluding hydrogens is 362 g/mol. The van der Waals surface area contributed by atoms with Crippen LogP contribution in [0, 0.1) is 0 Å². The molecule has 2 unspecified atom stereocenters. The van der Waals surface area contributed by atoms with Crippen LogP contribution in [-0.4, -0.2) is 71.6 Å². The van der Waals surface area contributed by atoms with E-state index in [1.54, 1.807) is 0 Å². The SMILES string of the molecule is NCCCCC(NC(=O)C(CCC(=O)O)NC(=O)CN)C(=O)NCC(=O)O. The zero-order valence-electron chi connectivity index (χ0n) is 14.9. The minimum absolute atomic E-state index is 0.195. The lowest BCUT2D eigenvalue weighted by Gasteiger charge is -2.22. The van der Waals surface area contributed by atoms with Crippen LogP contribution >= 0.6 is 0 Å². The first-order chi connectivity index (χ1) is 12.7. The van der Waals surface area contributed by atoms with Gasteiger partial charge in [0.25, 0.3) is 0 Å². The first-order valence-corrected chi connectivity index (χ1v) is 8.42. The molecule has 0 aromatic rings. The fraction of sp³-hybridized carbons (Fsp3) is 0.667. The van der Waals surface area contributed by atoms with Crippen molar-refractivity contribution >= 4 is 29.7 Å². The van der Waals surface area contributed by atoms with Crippen LogP contribution in [0.1, 0.15) is 32.1 Å². The monoisotopic (exact) mass is 389 g/mol. The van der Waals surface area contributed by atoms with Crippen LogP contribution in [0.4, 0.5) is 0 Å². The number of nitrogens with two attached hydrogens (primary N) is 2. The topological polar surface area (TPSA) is 214 Å². The van der Waals surface area contributed by atoms with Gasteiger partial charge in [-0.15, -0.1) is 0 Å². The van der Waals surface area contributed by atoms with Crippen molar-refractivity contribution in [3.63, 3.8) is 0 Å². The van der Waals surface area contributed by atoms with Crippen LogP contribution in [0.5, 0.6) is 0 Å². The fourth-order valence-corrected chi connectivity index (χ4v) is 2.11. The molecule has 0 aliphatic carbocycles. The van der Waals surface area contributed by atoms with E-state index in [4.69, 9.17) is 21.7 Å². The predicted molar refractivity (Wildman–Crippen MR) is 93.3 cm³/mol. The highest BCUT2D eigenvalue weighted by atomic mass is 16.4. The van der Waals surface area contributed by atoms with Gasteiger partial charge < -0.3 is 37.6 Å². The third-order valence-corrected chi connectivity index (χ3v) is 3.48. The molecule has 0 saturated carbocycles. The zero-order valence-corrected chi connectivity index (χ0v) is 14.9. The Bertz CT molecular complexity index is 541. The highest BCUT2D eigenvalue weighted by Gasteiger charge is 2.27. The molecule has 0 fully saturated rings. The van der Waals surface area contributed by atoms with Crippen molar-refractivity contribution < 1.29 is 34.2 Å². The molecule has 0 aromatic carbocycles. The van der Waals surface area contributed by atoms with E-state index in [0.29, 0.717) is 19.4 Å². The number of nitrogens with one attached hydrogen (secondary N) is 3. The van der Waals surface area contributed by atoms with Crippen LogP contribution in [0.15, 0.2) is 0 Å². The van der Waals surface area contributed by atoms with E-state index in [1.807, 2.05) is 0 Å². The van der Waals surface area contributed by atoms with Crippen molar-refractivity contribution in [1.29, 1.82) is 0 Å². The molecule has 0 spiro atoms. The first-order valence-electron chi connectivity index (χ1n) is 8.42. The lowest BCUT2D eigenvalue weighted by atomic mass is 10.1.